The predicted molar refractivity (Wildman–Crippen MR) is 91.7 cm³/mol. The number of nitrogens with one attached hydrogen (secondary N) is 1. The molecular weight excluding hydrogens is 291 g/mol. The van der Waals surface area contributed by atoms with Crippen LogP contribution in [0.15, 0.2) is 23.8 Å². The standard InChI is InChI=1S/C17H25BN2O3/c1-12-7-8-15(20-10-12)9-14(11-19-13(2)21)18-22-16(3,4)17(5,6)23-18/h7-10H,11H2,1-6H3,(H,19,21). The van der Waals surface area contributed by atoms with Crippen LogP contribution >= 0.6 is 0 Å². The first-order chi connectivity index (χ1) is 10.6. The van der Waals surface area contributed by atoms with Crippen molar-refractivity contribution in [1.29, 1.82) is 0 Å². The molecule has 1 aromatic heterocycles. The lowest BCUT2D eigenvalue weighted by atomic mass is 9.77. The van der Waals surface area contributed by atoms with Crippen molar-refractivity contribution in [1.82, 2.24) is 10.3 Å². The van der Waals surface area contributed by atoms with Crippen LogP contribution in [0.4, 0.5) is 0 Å². The lowest BCUT2D eigenvalue weighted by Crippen LogP contribution is -2.41. The summed E-state index contributed by atoms with van der Waals surface area (Å²) in [5.41, 5.74) is 1.91. The predicted octanol–water partition coefficient (Wildman–Crippen LogP) is 2.54. The van der Waals surface area contributed by atoms with Gasteiger partial charge in [0.15, 0.2) is 0 Å². The van der Waals surface area contributed by atoms with Crippen molar-refractivity contribution in [2.45, 2.75) is 52.7 Å². The van der Waals surface area contributed by atoms with E-state index in [1.54, 1.807) is 0 Å². The van der Waals surface area contributed by atoms with Crippen LogP contribution in [0.5, 0.6) is 0 Å². The highest BCUT2D eigenvalue weighted by Crippen LogP contribution is 2.38. The van der Waals surface area contributed by atoms with Crippen LogP contribution < -0.4 is 5.32 Å². The molecule has 2 heterocycles. The van der Waals surface area contributed by atoms with Crippen LogP contribution in [0.2, 0.25) is 0 Å². The van der Waals surface area contributed by atoms with Gasteiger partial charge in [-0.2, -0.15) is 0 Å². The molecule has 23 heavy (non-hydrogen) atoms. The highest BCUT2D eigenvalue weighted by molar-refractivity contribution is 6.56. The molecular formula is C17H25BN2O3. The van der Waals surface area contributed by atoms with Crippen LogP contribution in [-0.4, -0.2) is 35.8 Å². The minimum Gasteiger partial charge on any atom is -0.400 e. The maximum Gasteiger partial charge on any atom is 0.492 e. The Morgan fingerprint density at radius 1 is 1.26 bits per heavy atom. The zero-order valence-corrected chi connectivity index (χ0v) is 14.8. The van der Waals surface area contributed by atoms with Crippen LogP contribution in [0, 0.1) is 6.92 Å². The average molecular weight is 316 g/mol. The minimum absolute atomic E-state index is 0.0933. The fourth-order valence-corrected chi connectivity index (χ4v) is 2.18. The van der Waals surface area contributed by atoms with Gasteiger partial charge in [-0.25, -0.2) is 0 Å². The Labute approximate surface area is 138 Å². The molecule has 0 aromatic carbocycles. The van der Waals surface area contributed by atoms with Crippen LogP contribution in [-0.2, 0) is 14.1 Å². The summed E-state index contributed by atoms with van der Waals surface area (Å²) in [6.45, 7) is 11.9. The van der Waals surface area contributed by atoms with E-state index < -0.39 is 18.3 Å². The van der Waals surface area contributed by atoms with Crippen molar-refractivity contribution in [3.05, 3.63) is 35.1 Å². The molecule has 6 heteroatoms. The largest absolute Gasteiger partial charge is 0.492 e. The molecule has 1 aliphatic heterocycles. The highest BCUT2D eigenvalue weighted by Gasteiger charge is 2.52. The number of hydrogen-bond donors (Lipinski definition) is 1. The van der Waals surface area contributed by atoms with E-state index in [9.17, 15) is 4.79 Å². The van der Waals surface area contributed by atoms with Gasteiger partial charge in [0.1, 0.15) is 0 Å². The van der Waals surface area contributed by atoms with Crippen molar-refractivity contribution < 1.29 is 14.1 Å². The molecule has 2 rings (SSSR count). The maximum atomic E-state index is 11.3. The summed E-state index contributed by atoms with van der Waals surface area (Å²) < 4.78 is 12.2. The van der Waals surface area contributed by atoms with Crippen molar-refractivity contribution in [3.63, 3.8) is 0 Å². The molecule has 5 nitrogen and oxygen atoms in total. The Morgan fingerprint density at radius 2 is 1.87 bits per heavy atom. The summed E-state index contributed by atoms with van der Waals surface area (Å²) in [4.78, 5) is 15.7. The van der Waals surface area contributed by atoms with E-state index in [4.69, 9.17) is 9.31 Å². The van der Waals surface area contributed by atoms with Gasteiger partial charge in [0.2, 0.25) is 5.91 Å². The zero-order valence-electron chi connectivity index (χ0n) is 14.8. The first-order valence-corrected chi connectivity index (χ1v) is 7.84. The summed E-state index contributed by atoms with van der Waals surface area (Å²) in [6.07, 6.45) is 3.73. The third-order valence-corrected chi connectivity index (χ3v) is 4.36. The Hall–Kier alpha value is -1.66. The van der Waals surface area contributed by atoms with Gasteiger partial charge in [0.25, 0.3) is 0 Å². The molecule has 0 spiro atoms. The van der Waals surface area contributed by atoms with Crippen molar-refractivity contribution in [3.8, 4) is 0 Å². The zero-order chi connectivity index (χ0) is 17.3. The number of pyridine rings is 1. The molecule has 0 bridgehead atoms. The summed E-state index contributed by atoms with van der Waals surface area (Å²) >= 11 is 0. The molecule has 1 fully saturated rings. The van der Waals surface area contributed by atoms with Gasteiger partial charge >= 0.3 is 7.12 Å². The van der Waals surface area contributed by atoms with Gasteiger partial charge in [0.05, 0.1) is 16.9 Å². The molecule has 1 aliphatic rings. The van der Waals surface area contributed by atoms with Crippen molar-refractivity contribution in [2.24, 2.45) is 0 Å². The fraction of sp³-hybridized carbons (Fsp3) is 0.529. The van der Waals surface area contributed by atoms with Gasteiger partial charge in [-0.15, -0.1) is 0 Å². The van der Waals surface area contributed by atoms with Crippen molar-refractivity contribution in [2.75, 3.05) is 6.54 Å². The number of nitrogens with zero attached hydrogens (tertiary/aromatic N) is 1. The smallest absolute Gasteiger partial charge is 0.400 e. The summed E-state index contributed by atoms with van der Waals surface area (Å²) in [6, 6.07) is 3.94. The fourth-order valence-electron chi connectivity index (χ4n) is 2.18. The quantitative estimate of drug-likeness (QED) is 0.867. The lowest BCUT2D eigenvalue weighted by molar-refractivity contribution is -0.118. The van der Waals surface area contributed by atoms with E-state index >= 15 is 0 Å². The Balaban J connectivity index is 2.28. The molecule has 0 aliphatic carbocycles. The molecule has 124 valence electrons. The third-order valence-electron chi connectivity index (χ3n) is 4.36. The first-order valence-electron chi connectivity index (χ1n) is 7.84. The molecule has 1 aromatic rings. The topological polar surface area (TPSA) is 60.5 Å². The number of rotatable bonds is 4. The first kappa shape index (κ1) is 17.7. The summed E-state index contributed by atoms with van der Waals surface area (Å²) in [7, 11) is -0.505. The van der Waals surface area contributed by atoms with E-state index in [1.807, 2.05) is 59.0 Å². The number of amides is 1. The number of aryl methyl sites for hydroxylation is 1. The van der Waals surface area contributed by atoms with Crippen LogP contribution in [0.25, 0.3) is 6.08 Å². The number of hydrogen-bond acceptors (Lipinski definition) is 4. The number of carbonyl (C=O) groups excluding carboxylic acids is 1. The van der Waals surface area contributed by atoms with Crippen LogP contribution in [0.3, 0.4) is 0 Å². The van der Waals surface area contributed by atoms with Gasteiger partial charge in [-0.05, 0) is 57.8 Å². The molecule has 0 radical (unpaired) electrons. The normalized spacial score (nSPS) is 19.7. The van der Waals surface area contributed by atoms with E-state index in [0.717, 1.165) is 16.7 Å². The second kappa shape index (κ2) is 6.45. The summed E-state index contributed by atoms with van der Waals surface area (Å²) in [5, 5.41) is 2.81. The van der Waals surface area contributed by atoms with E-state index in [-0.39, 0.29) is 5.91 Å². The Bertz CT molecular complexity index is 593. The third kappa shape index (κ3) is 4.21. The highest BCUT2D eigenvalue weighted by atomic mass is 16.7. The second-order valence-corrected chi connectivity index (χ2v) is 6.98. The van der Waals surface area contributed by atoms with Gasteiger partial charge in [0, 0.05) is 19.7 Å². The SMILES string of the molecule is CC(=O)NCC(=Cc1ccc(C)cn1)B1OC(C)(C)C(C)(C)O1. The molecule has 1 amide bonds. The van der Waals surface area contributed by atoms with Gasteiger partial charge in [-0.3, -0.25) is 9.78 Å². The number of carbonyl (C=O) groups is 1. The monoisotopic (exact) mass is 316 g/mol. The van der Waals surface area contributed by atoms with Crippen molar-refractivity contribution >= 4 is 19.1 Å². The molecule has 1 N–H and O–H groups in total. The molecule has 0 saturated carbocycles. The molecule has 0 atom stereocenters. The Morgan fingerprint density at radius 3 is 2.35 bits per heavy atom. The molecule has 0 unspecified atom stereocenters. The second-order valence-electron chi connectivity index (χ2n) is 6.98. The van der Waals surface area contributed by atoms with E-state index in [1.165, 1.54) is 6.92 Å². The van der Waals surface area contributed by atoms with Gasteiger partial charge in [-0.1, -0.05) is 6.07 Å². The Kier molecular flexibility index (Phi) is 4.97. The maximum absolute atomic E-state index is 11.3. The summed E-state index contributed by atoms with van der Waals surface area (Å²) in [5.74, 6) is -0.0933. The number of aromatic nitrogens is 1. The lowest BCUT2D eigenvalue weighted by Gasteiger charge is -2.32. The van der Waals surface area contributed by atoms with E-state index in [2.05, 4.69) is 10.3 Å². The average Bonchev–Trinajstić information content (AvgIpc) is 2.65. The minimum atomic E-state index is -0.505. The van der Waals surface area contributed by atoms with E-state index in [0.29, 0.717) is 6.54 Å². The van der Waals surface area contributed by atoms with Crippen LogP contribution in [0.1, 0.15) is 45.9 Å². The molecule has 1 saturated heterocycles. The van der Waals surface area contributed by atoms with Gasteiger partial charge < -0.3 is 14.6 Å².